The van der Waals surface area contributed by atoms with Crippen LogP contribution in [0.25, 0.3) is 0 Å². The average molecular weight is 223 g/mol. The fourth-order valence-corrected chi connectivity index (χ4v) is 2.09. The van der Waals surface area contributed by atoms with Crippen molar-refractivity contribution in [3.63, 3.8) is 0 Å². The fourth-order valence-electron chi connectivity index (χ4n) is 2.09. The van der Waals surface area contributed by atoms with Gasteiger partial charge in [-0.05, 0) is 25.5 Å². The van der Waals surface area contributed by atoms with Crippen molar-refractivity contribution in [3.05, 3.63) is 29.6 Å². The maximum absolute atomic E-state index is 13.5. The molecule has 1 fully saturated rings. The molecule has 0 bridgehead atoms. The monoisotopic (exact) mass is 223 g/mol. The molecule has 0 amide bonds. The highest BCUT2D eigenvalue weighted by Gasteiger charge is 2.24. The maximum Gasteiger partial charge on any atom is 0.164 e. The van der Waals surface area contributed by atoms with Crippen molar-refractivity contribution >= 4 is 11.5 Å². The smallest absolute Gasteiger partial charge is 0.164 e. The summed E-state index contributed by atoms with van der Waals surface area (Å²) in [5, 5.41) is 9.44. The molecule has 0 aromatic heterocycles. The molecule has 1 atom stereocenters. The lowest BCUT2D eigenvalue weighted by Gasteiger charge is -2.20. The van der Waals surface area contributed by atoms with Crippen LogP contribution in [0.1, 0.15) is 23.7 Å². The van der Waals surface area contributed by atoms with Gasteiger partial charge in [-0.2, -0.15) is 0 Å². The number of Topliss-reactive ketones (excluding diaryl/α,β-unsaturated/α-hetero) is 1. The Bertz CT molecular complexity index is 419. The summed E-state index contributed by atoms with van der Waals surface area (Å²) in [4.78, 5) is 13.2. The first kappa shape index (κ1) is 11.1. The Morgan fingerprint density at radius 3 is 2.88 bits per heavy atom. The summed E-state index contributed by atoms with van der Waals surface area (Å²) in [5.74, 6) is -0.777. The van der Waals surface area contributed by atoms with Crippen LogP contribution in [0.2, 0.25) is 0 Å². The first-order valence-electron chi connectivity index (χ1n) is 5.32. The predicted molar refractivity (Wildman–Crippen MR) is 59.2 cm³/mol. The van der Waals surface area contributed by atoms with Crippen molar-refractivity contribution in [1.82, 2.24) is 0 Å². The number of benzene rings is 1. The van der Waals surface area contributed by atoms with Gasteiger partial charge in [-0.3, -0.25) is 4.79 Å². The van der Waals surface area contributed by atoms with Crippen molar-refractivity contribution in [2.45, 2.75) is 19.4 Å². The van der Waals surface area contributed by atoms with Crippen LogP contribution in [0.15, 0.2) is 18.2 Å². The van der Waals surface area contributed by atoms with Crippen LogP contribution in [0, 0.1) is 5.82 Å². The largest absolute Gasteiger partial charge is 0.391 e. The lowest BCUT2D eigenvalue weighted by atomic mass is 10.1. The zero-order valence-electron chi connectivity index (χ0n) is 9.11. The topological polar surface area (TPSA) is 40.5 Å². The number of aliphatic hydroxyl groups is 1. The molecule has 1 aromatic rings. The summed E-state index contributed by atoms with van der Waals surface area (Å²) in [5.41, 5.74) is 0.709. The number of carbonyl (C=O) groups excluding carboxylic acids is 1. The van der Waals surface area contributed by atoms with Crippen molar-refractivity contribution in [3.8, 4) is 0 Å². The number of hydrogen-bond donors (Lipinski definition) is 1. The molecule has 1 saturated heterocycles. The predicted octanol–water partition coefficient (Wildman–Crippen LogP) is 1.60. The number of aliphatic hydroxyl groups excluding tert-OH is 1. The van der Waals surface area contributed by atoms with Gasteiger partial charge in [-0.15, -0.1) is 0 Å². The third-order valence-electron chi connectivity index (χ3n) is 2.85. The molecule has 1 heterocycles. The summed E-state index contributed by atoms with van der Waals surface area (Å²) in [6, 6.07) is 4.59. The highest BCUT2D eigenvalue weighted by molar-refractivity contribution is 6.00. The Balaban J connectivity index is 2.40. The second kappa shape index (κ2) is 4.22. The summed E-state index contributed by atoms with van der Waals surface area (Å²) in [7, 11) is 0. The highest BCUT2D eigenvalue weighted by Crippen LogP contribution is 2.27. The van der Waals surface area contributed by atoms with E-state index in [1.807, 2.05) is 4.90 Å². The Morgan fingerprint density at radius 2 is 2.31 bits per heavy atom. The molecule has 0 radical (unpaired) electrons. The Morgan fingerprint density at radius 1 is 1.56 bits per heavy atom. The van der Waals surface area contributed by atoms with Gasteiger partial charge in [0.2, 0.25) is 0 Å². The molecule has 3 nitrogen and oxygen atoms in total. The molecule has 4 heteroatoms. The standard InChI is InChI=1S/C12H14FNO2/c1-8(15)12-10(13)3-2-4-11(12)14-6-5-9(16)7-14/h2-4,9,16H,5-7H2,1H3/t9-/m0/s1. The zero-order valence-corrected chi connectivity index (χ0v) is 9.11. The van der Waals surface area contributed by atoms with Crippen LogP contribution in [0.3, 0.4) is 0 Å². The second-order valence-corrected chi connectivity index (χ2v) is 4.08. The van der Waals surface area contributed by atoms with Gasteiger partial charge in [0.15, 0.2) is 5.78 Å². The van der Waals surface area contributed by atoms with Crippen LogP contribution in [0.4, 0.5) is 10.1 Å². The van der Waals surface area contributed by atoms with Crippen molar-refractivity contribution in [1.29, 1.82) is 0 Å². The first-order chi connectivity index (χ1) is 7.59. The van der Waals surface area contributed by atoms with E-state index in [-0.39, 0.29) is 17.5 Å². The first-order valence-corrected chi connectivity index (χ1v) is 5.32. The normalized spacial score (nSPS) is 20.2. The van der Waals surface area contributed by atoms with Gasteiger partial charge in [0.25, 0.3) is 0 Å². The van der Waals surface area contributed by atoms with E-state index < -0.39 is 5.82 Å². The maximum atomic E-state index is 13.5. The molecule has 1 N–H and O–H groups in total. The van der Waals surface area contributed by atoms with Crippen LogP contribution < -0.4 is 4.90 Å². The molecule has 16 heavy (non-hydrogen) atoms. The van der Waals surface area contributed by atoms with Crippen LogP contribution in [-0.4, -0.2) is 30.1 Å². The summed E-state index contributed by atoms with van der Waals surface area (Å²) < 4.78 is 13.5. The average Bonchev–Trinajstić information content (AvgIpc) is 2.63. The minimum Gasteiger partial charge on any atom is -0.391 e. The number of anilines is 1. The summed E-state index contributed by atoms with van der Waals surface area (Å²) in [6.45, 7) is 2.48. The van der Waals surface area contributed by atoms with E-state index in [9.17, 15) is 14.3 Å². The minimum absolute atomic E-state index is 0.122. The Labute approximate surface area is 93.5 Å². The third-order valence-corrected chi connectivity index (χ3v) is 2.85. The number of nitrogens with zero attached hydrogens (tertiary/aromatic N) is 1. The van der Waals surface area contributed by atoms with E-state index in [0.29, 0.717) is 25.2 Å². The Hall–Kier alpha value is -1.42. The van der Waals surface area contributed by atoms with E-state index in [1.54, 1.807) is 12.1 Å². The molecule has 1 aliphatic rings. The van der Waals surface area contributed by atoms with E-state index in [0.717, 1.165) is 0 Å². The lowest BCUT2D eigenvalue weighted by molar-refractivity contribution is 0.101. The number of β-amino-alcohol motifs (C(OH)–C–C–N with tert-alkyl or cyclic N) is 1. The van der Waals surface area contributed by atoms with Crippen molar-refractivity contribution < 1.29 is 14.3 Å². The minimum atomic E-state index is -0.494. The van der Waals surface area contributed by atoms with Gasteiger partial charge in [-0.25, -0.2) is 4.39 Å². The number of rotatable bonds is 2. The van der Waals surface area contributed by atoms with Crippen LogP contribution >= 0.6 is 0 Å². The summed E-state index contributed by atoms with van der Waals surface area (Å²) >= 11 is 0. The molecule has 1 aromatic carbocycles. The van der Waals surface area contributed by atoms with E-state index in [1.165, 1.54) is 13.0 Å². The number of halogens is 1. The zero-order chi connectivity index (χ0) is 11.7. The molecular weight excluding hydrogens is 209 g/mol. The Kier molecular flexibility index (Phi) is 2.92. The number of ketones is 1. The van der Waals surface area contributed by atoms with Crippen molar-refractivity contribution in [2.24, 2.45) is 0 Å². The molecule has 86 valence electrons. The number of carbonyl (C=O) groups is 1. The fraction of sp³-hybridized carbons (Fsp3) is 0.417. The van der Waals surface area contributed by atoms with Gasteiger partial charge in [-0.1, -0.05) is 6.07 Å². The van der Waals surface area contributed by atoms with Gasteiger partial charge < -0.3 is 10.0 Å². The molecule has 0 unspecified atom stereocenters. The molecule has 0 aliphatic carbocycles. The van der Waals surface area contributed by atoms with Crippen LogP contribution in [0.5, 0.6) is 0 Å². The SMILES string of the molecule is CC(=O)c1c(F)cccc1N1CC[C@H](O)C1. The summed E-state index contributed by atoms with van der Waals surface area (Å²) in [6.07, 6.45) is 0.275. The second-order valence-electron chi connectivity index (χ2n) is 4.08. The quantitative estimate of drug-likeness (QED) is 0.774. The van der Waals surface area contributed by atoms with Gasteiger partial charge in [0.05, 0.1) is 17.4 Å². The van der Waals surface area contributed by atoms with E-state index in [2.05, 4.69) is 0 Å². The van der Waals surface area contributed by atoms with Gasteiger partial charge in [0, 0.05) is 13.1 Å². The van der Waals surface area contributed by atoms with E-state index in [4.69, 9.17) is 0 Å². The molecule has 1 aliphatic heterocycles. The van der Waals surface area contributed by atoms with E-state index >= 15 is 0 Å². The third kappa shape index (κ3) is 1.93. The van der Waals surface area contributed by atoms with Crippen LogP contribution in [-0.2, 0) is 0 Å². The van der Waals surface area contributed by atoms with Gasteiger partial charge >= 0.3 is 0 Å². The molecule has 2 rings (SSSR count). The number of hydrogen-bond acceptors (Lipinski definition) is 3. The molecule has 0 saturated carbocycles. The highest BCUT2D eigenvalue weighted by atomic mass is 19.1. The van der Waals surface area contributed by atoms with Crippen molar-refractivity contribution in [2.75, 3.05) is 18.0 Å². The molecule has 0 spiro atoms. The van der Waals surface area contributed by atoms with Gasteiger partial charge in [0.1, 0.15) is 5.82 Å². The molecular formula is C12H14FNO2. The lowest BCUT2D eigenvalue weighted by Crippen LogP contribution is -2.23.